The number of rotatable bonds is 7. The van der Waals surface area contributed by atoms with Crippen molar-refractivity contribution in [2.75, 3.05) is 0 Å². The molecule has 13 rings (SSSR count). The Morgan fingerprint density at radius 2 is 0.866 bits per heavy atom. The molecule has 4 aromatic heterocycles. The van der Waals surface area contributed by atoms with Crippen LogP contribution in [0.1, 0.15) is 11.1 Å². The van der Waals surface area contributed by atoms with Crippen LogP contribution in [0.5, 0.6) is 0 Å². The van der Waals surface area contributed by atoms with Crippen LogP contribution in [0, 0.1) is 13.8 Å². The molecule has 4 heterocycles. The summed E-state index contributed by atoms with van der Waals surface area (Å²) in [6, 6.07) is 72.4. The Bertz CT molecular complexity index is 3950. The van der Waals surface area contributed by atoms with E-state index in [1.54, 1.807) is 0 Å². The number of hydrogen-bond donors (Lipinski definition) is 0. The third-order valence-electron chi connectivity index (χ3n) is 13.0. The standard InChI is InChI=1S/C60H40N6O/c1-37-19-23-42(24-20-37)57-62-58(43-25-21-38(2)22-26-43)64-60(63-57)66-53-18-9-7-14-48(53)50-36-35-49-47-13-6-8-17-52(47)65(54(49)55(50)66)45-33-31-40(32-34-45)39-27-29-41(30-28-39)46-15-10-16-51-56(46)67-59(61-51)44-11-4-3-5-12-44/h3-36H,1-2H3. The van der Waals surface area contributed by atoms with Gasteiger partial charge in [-0.1, -0.05) is 175 Å². The van der Waals surface area contributed by atoms with E-state index in [1.165, 1.54) is 16.5 Å². The first-order valence-corrected chi connectivity index (χ1v) is 22.5. The zero-order valence-corrected chi connectivity index (χ0v) is 36.7. The third-order valence-corrected chi connectivity index (χ3v) is 13.0. The lowest BCUT2D eigenvalue weighted by Crippen LogP contribution is -2.07. The Kier molecular flexibility index (Phi) is 8.83. The van der Waals surface area contributed by atoms with Crippen molar-refractivity contribution in [3.8, 4) is 68.1 Å². The number of aromatic nitrogens is 6. The fraction of sp³-hybridized carbons (Fsp3) is 0.0333. The van der Waals surface area contributed by atoms with E-state index in [0.29, 0.717) is 23.5 Å². The molecule has 0 bridgehead atoms. The fourth-order valence-electron chi connectivity index (χ4n) is 9.63. The Morgan fingerprint density at radius 3 is 1.48 bits per heavy atom. The predicted octanol–water partition coefficient (Wildman–Crippen LogP) is 15.2. The Hall–Kier alpha value is -8.94. The van der Waals surface area contributed by atoms with Crippen molar-refractivity contribution < 1.29 is 4.42 Å². The first kappa shape index (κ1) is 38.5. The van der Waals surface area contributed by atoms with E-state index in [1.807, 2.05) is 42.5 Å². The van der Waals surface area contributed by atoms with Crippen LogP contribution in [-0.2, 0) is 0 Å². The van der Waals surface area contributed by atoms with Crippen LogP contribution in [0.25, 0.3) is 123 Å². The van der Waals surface area contributed by atoms with Gasteiger partial charge in [0, 0.05) is 49.5 Å². The maximum atomic E-state index is 6.37. The average molecular weight is 861 g/mol. The molecule has 0 fully saturated rings. The Labute approximate surface area is 385 Å². The summed E-state index contributed by atoms with van der Waals surface area (Å²) in [5.74, 6) is 2.42. The van der Waals surface area contributed by atoms with Gasteiger partial charge in [-0.25, -0.2) is 9.97 Å². The molecular formula is C60H40N6O. The molecule has 316 valence electrons. The Balaban J connectivity index is 0.965. The first-order chi connectivity index (χ1) is 33.0. The largest absolute Gasteiger partial charge is 0.435 e. The molecule has 0 unspecified atom stereocenters. The maximum Gasteiger partial charge on any atom is 0.238 e. The molecule has 0 aliphatic carbocycles. The summed E-state index contributed by atoms with van der Waals surface area (Å²) in [6.45, 7) is 4.19. The second kappa shape index (κ2) is 15.4. The van der Waals surface area contributed by atoms with Gasteiger partial charge >= 0.3 is 0 Å². The quantitative estimate of drug-likeness (QED) is 0.160. The molecule has 0 spiro atoms. The third kappa shape index (κ3) is 6.43. The molecule has 13 aromatic rings. The smallest absolute Gasteiger partial charge is 0.238 e. The van der Waals surface area contributed by atoms with Gasteiger partial charge in [-0.3, -0.25) is 4.57 Å². The predicted molar refractivity (Wildman–Crippen MR) is 273 cm³/mol. The van der Waals surface area contributed by atoms with Gasteiger partial charge in [-0.15, -0.1) is 0 Å². The molecule has 67 heavy (non-hydrogen) atoms. The van der Waals surface area contributed by atoms with Gasteiger partial charge in [0.15, 0.2) is 17.2 Å². The molecule has 0 saturated carbocycles. The van der Waals surface area contributed by atoms with Crippen LogP contribution >= 0.6 is 0 Å². The highest BCUT2D eigenvalue weighted by atomic mass is 16.3. The molecule has 0 saturated heterocycles. The maximum absolute atomic E-state index is 6.37. The molecule has 0 N–H and O–H groups in total. The van der Waals surface area contributed by atoms with Crippen molar-refractivity contribution in [2.45, 2.75) is 13.8 Å². The van der Waals surface area contributed by atoms with E-state index in [-0.39, 0.29) is 0 Å². The molecule has 0 aliphatic heterocycles. The van der Waals surface area contributed by atoms with Gasteiger partial charge in [-0.05, 0) is 73.0 Å². The lowest BCUT2D eigenvalue weighted by atomic mass is 9.99. The number of fused-ring (bicyclic) bond motifs is 8. The number of oxazole rings is 1. The van der Waals surface area contributed by atoms with E-state index < -0.39 is 0 Å². The second-order valence-corrected chi connectivity index (χ2v) is 17.2. The molecule has 0 radical (unpaired) electrons. The number of hydrogen-bond acceptors (Lipinski definition) is 5. The van der Waals surface area contributed by atoms with Gasteiger partial charge in [0.2, 0.25) is 11.8 Å². The van der Waals surface area contributed by atoms with Gasteiger partial charge in [0.05, 0.1) is 22.1 Å². The number of nitrogens with zero attached hydrogens (tertiary/aromatic N) is 6. The SMILES string of the molecule is Cc1ccc(-c2nc(-c3ccc(C)cc3)nc(-n3c4ccccc4c4ccc5c6ccccc6n(-c6ccc(-c7ccc(-c8cccc9nc(-c%10ccccc%10)oc89)cc7)cc6)c5c43)n2)cc1. The normalized spacial score (nSPS) is 11.7. The molecule has 0 aliphatic rings. The van der Waals surface area contributed by atoms with Crippen LogP contribution in [0.15, 0.2) is 211 Å². The van der Waals surface area contributed by atoms with E-state index in [2.05, 4.69) is 187 Å². The van der Waals surface area contributed by atoms with Crippen molar-refractivity contribution >= 4 is 54.7 Å². The van der Waals surface area contributed by atoms with Crippen LogP contribution < -0.4 is 0 Å². The molecule has 0 amide bonds. The number of benzene rings is 9. The first-order valence-electron chi connectivity index (χ1n) is 22.5. The highest BCUT2D eigenvalue weighted by Gasteiger charge is 2.24. The van der Waals surface area contributed by atoms with E-state index in [4.69, 9.17) is 24.4 Å². The zero-order valence-electron chi connectivity index (χ0n) is 36.7. The van der Waals surface area contributed by atoms with Crippen molar-refractivity contribution in [1.82, 2.24) is 29.1 Å². The van der Waals surface area contributed by atoms with Crippen LogP contribution in [0.3, 0.4) is 0 Å². The summed E-state index contributed by atoms with van der Waals surface area (Å²) in [6.07, 6.45) is 0. The summed E-state index contributed by atoms with van der Waals surface area (Å²) in [5, 5.41) is 4.57. The van der Waals surface area contributed by atoms with Crippen molar-refractivity contribution in [2.24, 2.45) is 0 Å². The molecule has 9 aromatic carbocycles. The van der Waals surface area contributed by atoms with Gasteiger partial charge in [-0.2, -0.15) is 9.97 Å². The summed E-state index contributed by atoms with van der Waals surface area (Å²) >= 11 is 0. The van der Waals surface area contributed by atoms with Crippen molar-refractivity contribution in [1.29, 1.82) is 0 Å². The molecule has 7 heteroatoms. The zero-order chi connectivity index (χ0) is 44.6. The minimum absolute atomic E-state index is 0.562. The highest BCUT2D eigenvalue weighted by molar-refractivity contribution is 6.23. The lowest BCUT2D eigenvalue weighted by molar-refractivity contribution is 0.621. The summed E-state index contributed by atoms with van der Waals surface area (Å²) < 4.78 is 11.0. The average Bonchev–Trinajstić information content (AvgIpc) is 4.08. The van der Waals surface area contributed by atoms with E-state index in [0.717, 1.165) is 94.0 Å². The monoisotopic (exact) mass is 860 g/mol. The van der Waals surface area contributed by atoms with E-state index >= 15 is 0 Å². The van der Waals surface area contributed by atoms with Crippen LogP contribution in [0.4, 0.5) is 0 Å². The second-order valence-electron chi connectivity index (χ2n) is 17.2. The fourth-order valence-corrected chi connectivity index (χ4v) is 9.63. The lowest BCUT2D eigenvalue weighted by Gasteiger charge is -2.14. The summed E-state index contributed by atoms with van der Waals surface area (Å²) in [5.41, 5.74) is 16.4. The van der Waals surface area contributed by atoms with Crippen molar-refractivity contribution in [3.05, 3.63) is 217 Å². The van der Waals surface area contributed by atoms with Gasteiger partial charge in [0.1, 0.15) is 5.52 Å². The number of para-hydroxylation sites is 3. The molecule has 0 atom stereocenters. The minimum Gasteiger partial charge on any atom is -0.435 e. The molecular weight excluding hydrogens is 821 g/mol. The van der Waals surface area contributed by atoms with Crippen LogP contribution in [-0.4, -0.2) is 29.1 Å². The minimum atomic E-state index is 0.562. The summed E-state index contributed by atoms with van der Waals surface area (Å²) in [7, 11) is 0. The van der Waals surface area contributed by atoms with Crippen molar-refractivity contribution in [3.63, 3.8) is 0 Å². The topological polar surface area (TPSA) is 74.6 Å². The van der Waals surface area contributed by atoms with Gasteiger partial charge in [0.25, 0.3) is 0 Å². The van der Waals surface area contributed by atoms with Crippen LogP contribution in [0.2, 0.25) is 0 Å². The molecule has 7 nitrogen and oxygen atoms in total. The van der Waals surface area contributed by atoms with Gasteiger partial charge < -0.3 is 8.98 Å². The summed E-state index contributed by atoms with van der Waals surface area (Å²) in [4.78, 5) is 20.5. The Morgan fingerprint density at radius 1 is 0.358 bits per heavy atom. The number of aryl methyl sites for hydroxylation is 2. The van der Waals surface area contributed by atoms with E-state index in [9.17, 15) is 0 Å². The highest BCUT2D eigenvalue weighted by Crippen LogP contribution is 2.42.